The number of aromatic nitrogens is 2. The maximum absolute atomic E-state index is 13.1. The van der Waals surface area contributed by atoms with E-state index in [-0.39, 0.29) is 5.91 Å². The molecule has 2 saturated heterocycles. The Hall–Kier alpha value is -1.36. The molecule has 0 aliphatic carbocycles. The van der Waals surface area contributed by atoms with Gasteiger partial charge in [0.05, 0.1) is 0 Å². The zero-order chi connectivity index (χ0) is 17.1. The van der Waals surface area contributed by atoms with Gasteiger partial charge in [-0.1, -0.05) is 19.8 Å². The van der Waals surface area contributed by atoms with Crippen molar-refractivity contribution in [3.8, 4) is 0 Å². The molecule has 1 atom stereocenters. The molecule has 5 nitrogen and oxygen atoms in total. The van der Waals surface area contributed by atoms with Crippen molar-refractivity contribution in [2.45, 2.75) is 58.4 Å². The van der Waals surface area contributed by atoms with E-state index in [1.54, 1.807) is 4.68 Å². The SMILES string of the molecule is Cc1cc(C(=O)N2CCCCCC2CN2CCC(C)CC2)nn1C. The molecular weight excluding hydrogens is 300 g/mol. The van der Waals surface area contributed by atoms with Gasteiger partial charge in [-0.05, 0) is 57.7 Å². The number of amides is 1. The molecule has 2 aliphatic rings. The molecule has 3 rings (SSSR count). The predicted molar refractivity (Wildman–Crippen MR) is 96.1 cm³/mol. The van der Waals surface area contributed by atoms with Gasteiger partial charge in [0.15, 0.2) is 5.69 Å². The van der Waals surface area contributed by atoms with Gasteiger partial charge in [0.25, 0.3) is 5.91 Å². The van der Waals surface area contributed by atoms with E-state index in [2.05, 4.69) is 21.8 Å². The first-order valence-corrected chi connectivity index (χ1v) is 9.58. The fourth-order valence-electron chi connectivity index (χ4n) is 3.99. The van der Waals surface area contributed by atoms with E-state index in [0.29, 0.717) is 11.7 Å². The van der Waals surface area contributed by atoms with Crippen LogP contribution in [0.1, 0.15) is 61.6 Å². The molecule has 3 heterocycles. The first kappa shape index (κ1) is 17.5. The molecule has 5 heteroatoms. The molecule has 1 amide bonds. The highest BCUT2D eigenvalue weighted by Gasteiger charge is 2.30. The molecule has 1 aromatic rings. The maximum Gasteiger partial charge on any atom is 0.274 e. The average molecular weight is 332 g/mol. The standard InChI is InChI=1S/C19H32N4O/c1-15-8-11-22(12-9-15)14-17-7-5-4-6-10-23(17)19(24)18-13-16(2)21(3)20-18/h13,15,17H,4-12,14H2,1-3H3. The van der Waals surface area contributed by atoms with Crippen LogP contribution in [0.3, 0.4) is 0 Å². The van der Waals surface area contributed by atoms with Crippen molar-refractivity contribution >= 4 is 5.91 Å². The Balaban J connectivity index is 1.71. The first-order valence-electron chi connectivity index (χ1n) is 9.58. The molecular formula is C19H32N4O. The van der Waals surface area contributed by atoms with Crippen LogP contribution < -0.4 is 0 Å². The lowest BCUT2D eigenvalue weighted by Gasteiger charge is -2.37. The molecule has 24 heavy (non-hydrogen) atoms. The van der Waals surface area contributed by atoms with Crippen LogP contribution in [0.15, 0.2) is 6.07 Å². The third kappa shape index (κ3) is 4.00. The maximum atomic E-state index is 13.1. The van der Waals surface area contributed by atoms with Crippen molar-refractivity contribution in [2.75, 3.05) is 26.2 Å². The second-order valence-electron chi connectivity index (χ2n) is 7.78. The Labute approximate surface area is 146 Å². The summed E-state index contributed by atoms with van der Waals surface area (Å²) in [7, 11) is 1.90. The minimum absolute atomic E-state index is 0.121. The number of rotatable bonds is 3. The molecule has 134 valence electrons. The van der Waals surface area contributed by atoms with Gasteiger partial charge < -0.3 is 9.80 Å². The summed E-state index contributed by atoms with van der Waals surface area (Å²) in [5.41, 5.74) is 1.64. The van der Waals surface area contributed by atoms with Crippen LogP contribution in [0.5, 0.6) is 0 Å². The second-order valence-corrected chi connectivity index (χ2v) is 7.78. The fraction of sp³-hybridized carbons (Fsp3) is 0.789. The molecule has 2 aliphatic heterocycles. The van der Waals surface area contributed by atoms with Gasteiger partial charge in [0.2, 0.25) is 0 Å². The van der Waals surface area contributed by atoms with E-state index in [1.807, 2.05) is 20.0 Å². The van der Waals surface area contributed by atoms with Crippen LogP contribution in [0.4, 0.5) is 0 Å². The van der Waals surface area contributed by atoms with Crippen LogP contribution >= 0.6 is 0 Å². The van der Waals surface area contributed by atoms with Crippen molar-refractivity contribution in [1.29, 1.82) is 0 Å². The number of hydrogen-bond acceptors (Lipinski definition) is 3. The van der Waals surface area contributed by atoms with Crippen molar-refractivity contribution < 1.29 is 4.79 Å². The number of piperidine rings is 1. The number of carbonyl (C=O) groups is 1. The monoisotopic (exact) mass is 332 g/mol. The summed E-state index contributed by atoms with van der Waals surface area (Å²) in [5, 5.41) is 4.42. The molecule has 1 unspecified atom stereocenters. The molecule has 0 aromatic carbocycles. The number of likely N-dealkylation sites (tertiary alicyclic amines) is 2. The third-order valence-electron chi connectivity index (χ3n) is 5.82. The quantitative estimate of drug-likeness (QED) is 0.855. The van der Waals surface area contributed by atoms with E-state index < -0.39 is 0 Å². The van der Waals surface area contributed by atoms with Gasteiger partial charge in [-0.15, -0.1) is 0 Å². The molecule has 0 N–H and O–H groups in total. The van der Waals surface area contributed by atoms with E-state index in [0.717, 1.165) is 37.5 Å². The molecule has 2 fully saturated rings. The van der Waals surface area contributed by atoms with Crippen molar-refractivity contribution in [1.82, 2.24) is 19.6 Å². The lowest BCUT2D eigenvalue weighted by atomic mass is 9.98. The second kappa shape index (κ2) is 7.68. The summed E-state index contributed by atoms with van der Waals surface area (Å²) in [6.45, 7) is 8.62. The number of hydrogen-bond donors (Lipinski definition) is 0. The van der Waals surface area contributed by atoms with Crippen LogP contribution in [0, 0.1) is 12.8 Å². The first-order chi connectivity index (χ1) is 11.5. The number of carbonyl (C=O) groups excluding carboxylic acids is 1. The molecule has 0 radical (unpaired) electrons. The zero-order valence-corrected chi connectivity index (χ0v) is 15.5. The van der Waals surface area contributed by atoms with E-state index in [4.69, 9.17) is 0 Å². The lowest BCUT2D eigenvalue weighted by Crippen LogP contribution is -2.48. The summed E-state index contributed by atoms with van der Waals surface area (Å²) in [5.74, 6) is 0.973. The van der Waals surface area contributed by atoms with Gasteiger partial charge in [-0.2, -0.15) is 5.10 Å². The summed E-state index contributed by atoms with van der Waals surface area (Å²) >= 11 is 0. The Morgan fingerprint density at radius 1 is 1.17 bits per heavy atom. The predicted octanol–water partition coefficient (Wildman–Crippen LogP) is 2.85. The molecule has 0 saturated carbocycles. The molecule has 0 spiro atoms. The summed E-state index contributed by atoms with van der Waals surface area (Å²) in [6.07, 6.45) is 7.30. The van der Waals surface area contributed by atoms with E-state index in [1.165, 1.54) is 38.8 Å². The molecule has 0 bridgehead atoms. The summed E-state index contributed by atoms with van der Waals surface area (Å²) < 4.78 is 1.80. The third-order valence-corrected chi connectivity index (χ3v) is 5.82. The lowest BCUT2D eigenvalue weighted by molar-refractivity contribution is 0.0599. The van der Waals surface area contributed by atoms with Crippen molar-refractivity contribution in [3.63, 3.8) is 0 Å². The van der Waals surface area contributed by atoms with Gasteiger partial charge in [-0.25, -0.2) is 0 Å². The van der Waals surface area contributed by atoms with Crippen molar-refractivity contribution in [2.24, 2.45) is 13.0 Å². The minimum atomic E-state index is 0.121. The highest BCUT2D eigenvalue weighted by atomic mass is 16.2. The highest BCUT2D eigenvalue weighted by Crippen LogP contribution is 2.23. The van der Waals surface area contributed by atoms with Crippen LogP contribution in [0.2, 0.25) is 0 Å². The van der Waals surface area contributed by atoms with Crippen LogP contribution in [0.25, 0.3) is 0 Å². The average Bonchev–Trinajstić information content (AvgIpc) is 2.77. The fourth-order valence-corrected chi connectivity index (χ4v) is 3.99. The van der Waals surface area contributed by atoms with E-state index in [9.17, 15) is 4.79 Å². The number of nitrogens with zero attached hydrogens (tertiary/aromatic N) is 4. The Morgan fingerprint density at radius 3 is 2.58 bits per heavy atom. The van der Waals surface area contributed by atoms with Gasteiger partial charge in [-0.3, -0.25) is 9.48 Å². The van der Waals surface area contributed by atoms with Gasteiger partial charge in [0.1, 0.15) is 0 Å². The van der Waals surface area contributed by atoms with Gasteiger partial charge in [0, 0.05) is 31.9 Å². The summed E-state index contributed by atoms with van der Waals surface area (Å²) in [4.78, 5) is 17.7. The Bertz CT molecular complexity index is 540. The Morgan fingerprint density at radius 2 is 1.92 bits per heavy atom. The Kier molecular flexibility index (Phi) is 5.59. The van der Waals surface area contributed by atoms with Crippen LogP contribution in [-0.4, -0.2) is 57.7 Å². The van der Waals surface area contributed by atoms with Crippen LogP contribution in [-0.2, 0) is 7.05 Å². The normalized spacial score (nSPS) is 24.1. The van der Waals surface area contributed by atoms with Gasteiger partial charge >= 0.3 is 0 Å². The summed E-state index contributed by atoms with van der Waals surface area (Å²) in [6, 6.07) is 2.27. The smallest absolute Gasteiger partial charge is 0.274 e. The highest BCUT2D eigenvalue weighted by molar-refractivity contribution is 5.92. The molecule has 1 aromatic heterocycles. The zero-order valence-electron chi connectivity index (χ0n) is 15.5. The van der Waals surface area contributed by atoms with Crippen molar-refractivity contribution in [3.05, 3.63) is 17.5 Å². The largest absolute Gasteiger partial charge is 0.333 e. The van der Waals surface area contributed by atoms with E-state index >= 15 is 0 Å². The number of aryl methyl sites for hydroxylation is 2. The minimum Gasteiger partial charge on any atom is -0.333 e. The topological polar surface area (TPSA) is 41.4 Å².